The molecule has 3 rings (SSSR count). The summed E-state index contributed by atoms with van der Waals surface area (Å²) in [5.41, 5.74) is 0. The summed E-state index contributed by atoms with van der Waals surface area (Å²) in [6.07, 6.45) is 5.57. The van der Waals surface area contributed by atoms with Crippen molar-refractivity contribution in [2.24, 2.45) is 5.92 Å². The van der Waals surface area contributed by atoms with Crippen LogP contribution in [0.3, 0.4) is 0 Å². The molecule has 2 atom stereocenters. The first-order valence-electron chi connectivity index (χ1n) is 7.79. The van der Waals surface area contributed by atoms with E-state index in [1.54, 1.807) is 0 Å². The average molecular weight is 289 g/mol. The summed E-state index contributed by atoms with van der Waals surface area (Å²) in [4.78, 5) is 15.9. The molecule has 2 unspecified atom stereocenters. The summed E-state index contributed by atoms with van der Waals surface area (Å²) < 4.78 is 0. The van der Waals surface area contributed by atoms with Crippen LogP contribution >= 0.6 is 11.8 Å². The summed E-state index contributed by atoms with van der Waals surface area (Å²) >= 11 is 1.93. The zero-order valence-corrected chi connectivity index (χ0v) is 12.8. The van der Waals surface area contributed by atoms with E-state index in [9.17, 15) is 4.79 Å². The maximum absolute atomic E-state index is 12.0. The molecule has 2 fully saturated rings. The first kappa shape index (κ1) is 14.2. The van der Waals surface area contributed by atoms with Crippen LogP contribution in [0.25, 0.3) is 0 Å². The van der Waals surface area contributed by atoms with Crippen molar-refractivity contribution in [2.45, 2.75) is 43.0 Å². The molecule has 2 aliphatic rings. The minimum atomic E-state index is 0.347. The molecule has 1 aliphatic carbocycles. The van der Waals surface area contributed by atoms with Gasteiger partial charge in [-0.2, -0.15) is 0 Å². The third-order valence-corrected chi connectivity index (χ3v) is 5.61. The number of hydrogen-bond donors (Lipinski definition) is 0. The predicted octanol–water partition coefficient (Wildman–Crippen LogP) is 3.61. The van der Waals surface area contributed by atoms with Gasteiger partial charge in [-0.05, 0) is 44.4 Å². The number of thioether (sulfide) groups is 1. The molecule has 1 saturated heterocycles. The van der Waals surface area contributed by atoms with Crippen LogP contribution in [0.15, 0.2) is 35.2 Å². The lowest BCUT2D eigenvalue weighted by Gasteiger charge is -2.28. The van der Waals surface area contributed by atoms with E-state index in [-0.39, 0.29) is 0 Å². The van der Waals surface area contributed by atoms with Crippen molar-refractivity contribution in [3.8, 4) is 0 Å². The third-order valence-electron chi connectivity index (χ3n) is 4.62. The van der Waals surface area contributed by atoms with Crippen molar-refractivity contribution < 1.29 is 4.79 Å². The Hall–Kier alpha value is -0.800. The van der Waals surface area contributed by atoms with Gasteiger partial charge in [-0.3, -0.25) is 9.69 Å². The number of carbonyl (C=O) groups is 1. The summed E-state index contributed by atoms with van der Waals surface area (Å²) in [5, 5.41) is 0. The molecule has 108 valence electrons. The van der Waals surface area contributed by atoms with Gasteiger partial charge in [0, 0.05) is 35.6 Å². The number of rotatable bonds is 5. The Morgan fingerprint density at radius 3 is 2.75 bits per heavy atom. The molecule has 1 aliphatic heterocycles. The summed E-state index contributed by atoms with van der Waals surface area (Å²) in [7, 11) is 0. The number of carbonyl (C=O) groups excluding carboxylic acids is 1. The van der Waals surface area contributed by atoms with Crippen molar-refractivity contribution in [3.05, 3.63) is 30.3 Å². The van der Waals surface area contributed by atoms with Crippen LogP contribution in [0.5, 0.6) is 0 Å². The quantitative estimate of drug-likeness (QED) is 0.772. The highest BCUT2D eigenvalue weighted by molar-refractivity contribution is 7.99. The number of likely N-dealkylation sites (tertiary alicyclic amines) is 1. The Bertz CT molecular complexity index is 448. The average Bonchev–Trinajstić information content (AvgIpc) is 3.08. The van der Waals surface area contributed by atoms with Crippen LogP contribution in [0, 0.1) is 5.92 Å². The lowest BCUT2D eigenvalue weighted by atomic mass is 9.95. The maximum Gasteiger partial charge on any atom is 0.137 e. The highest BCUT2D eigenvalue weighted by Gasteiger charge is 2.37. The Labute approximate surface area is 125 Å². The van der Waals surface area contributed by atoms with Gasteiger partial charge in [0.2, 0.25) is 0 Å². The second-order valence-corrected chi connectivity index (χ2v) is 7.04. The van der Waals surface area contributed by atoms with Crippen molar-refractivity contribution >= 4 is 17.5 Å². The van der Waals surface area contributed by atoms with Crippen LogP contribution in [-0.4, -0.2) is 35.6 Å². The van der Waals surface area contributed by atoms with Crippen LogP contribution in [0.1, 0.15) is 32.1 Å². The standard InChI is InChI=1S/C17H23NOS/c19-17-10-4-8-15(17)16-9-5-11-18(16)12-13-20-14-6-2-1-3-7-14/h1-3,6-7,15-16H,4-5,8-13H2. The van der Waals surface area contributed by atoms with E-state index in [4.69, 9.17) is 0 Å². The van der Waals surface area contributed by atoms with Gasteiger partial charge in [-0.25, -0.2) is 0 Å². The first-order valence-corrected chi connectivity index (χ1v) is 8.78. The predicted molar refractivity (Wildman–Crippen MR) is 84.1 cm³/mol. The van der Waals surface area contributed by atoms with Gasteiger partial charge in [-0.15, -0.1) is 11.8 Å². The summed E-state index contributed by atoms with van der Waals surface area (Å²) in [6, 6.07) is 11.1. The Kier molecular flexibility index (Phi) is 4.79. The van der Waals surface area contributed by atoms with Gasteiger partial charge in [0.05, 0.1) is 0 Å². The second-order valence-electron chi connectivity index (χ2n) is 5.87. The molecule has 0 aromatic heterocycles. The number of benzene rings is 1. The molecule has 0 amide bonds. The van der Waals surface area contributed by atoms with Gasteiger partial charge in [0.25, 0.3) is 0 Å². The number of ketones is 1. The van der Waals surface area contributed by atoms with Crippen LogP contribution in [0.4, 0.5) is 0 Å². The van der Waals surface area contributed by atoms with Gasteiger partial charge < -0.3 is 0 Å². The Morgan fingerprint density at radius 1 is 1.15 bits per heavy atom. The van der Waals surface area contributed by atoms with E-state index in [0.29, 0.717) is 17.7 Å². The lowest BCUT2D eigenvalue weighted by molar-refractivity contribution is -0.122. The van der Waals surface area contributed by atoms with E-state index in [1.807, 2.05) is 11.8 Å². The SMILES string of the molecule is O=C1CCCC1C1CCCN1CCSc1ccccc1. The van der Waals surface area contributed by atoms with Crippen LogP contribution < -0.4 is 0 Å². The zero-order valence-electron chi connectivity index (χ0n) is 12.0. The fraction of sp³-hybridized carbons (Fsp3) is 0.588. The van der Waals surface area contributed by atoms with Crippen molar-refractivity contribution in [3.63, 3.8) is 0 Å². The fourth-order valence-electron chi connectivity index (χ4n) is 3.63. The van der Waals surface area contributed by atoms with Gasteiger partial charge >= 0.3 is 0 Å². The third kappa shape index (κ3) is 3.26. The molecule has 1 heterocycles. The minimum absolute atomic E-state index is 0.347. The van der Waals surface area contributed by atoms with Gasteiger partial charge in [-0.1, -0.05) is 18.2 Å². The molecule has 0 spiro atoms. The normalized spacial score (nSPS) is 27.3. The highest BCUT2D eigenvalue weighted by Crippen LogP contribution is 2.33. The molecule has 1 aromatic carbocycles. The van der Waals surface area contributed by atoms with E-state index in [0.717, 1.165) is 31.6 Å². The summed E-state index contributed by atoms with van der Waals surface area (Å²) in [5.74, 6) is 2.00. The molecule has 0 N–H and O–H groups in total. The number of hydrogen-bond acceptors (Lipinski definition) is 3. The topological polar surface area (TPSA) is 20.3 Å². The van der Waals surface area contributed by atoms with E-state index >= 15 is 0 Å². The monoisotopic (exact) mass is 289 g/mol. The van der Waals surface area contributed by atoms with E-state index in [1.165, 1.54) is 24.3 Å². The molecule has 1 aromatic rings. The molecule has 0 bridgehead atoms. The molecule has 2 nitrogen and oxygen atoms in total. The minimum Gasteiger partial charge on any atom is -0.299 e. The van der Waals surface area contributed by atoms with Crippen molar-refractivity contribution in [1.29, 1.82) is 0 Å². The maximum atomic E-state index is 12.0. The van der Waals surface area contributed by atoms with Crippen molar-refractivity contribution in [1.82, 2.24) is 4.90 Å². The smallest absolute Gasteiger partial charge is 0.137 e. The van der Waals surface area contributed by atoms with Crippen molar-refractivity contribution in [2.75, 3.05) is 18.8 Å². The molecule has 3 heteroatoms. The molecule has 1 saturated carbocycles. The highest BCUT2D eigenvalue weighted by atomic mass is 32.2. The van der Waals surface area contributed by atoms with Gasteiger partial charge in [0.1, 0.15) is 5.78 Å². The van der Waals surface area contributed by atoms with Crippen LogP contribution in [0.2, 0.25) is 0 Å². The molecular weight excluding hydrogens is 266 g/mol. The zero-order chi connectivity index (χ0) is 13.8. The Morgan fingerprint density at radius 2 is 2.00 bits per heavy atom. The van der Waals surface area contributed by atoms with E-state index in [2.05, 4.69) is 35.2 Å². The largest absolute Gasteiger partial charge is 0.299 e. The molecular formula is C17H23NOS. The Balaban J connectivity index is 1.50. The molecule has 20 heavy (non-hydrogen) atoms. The fourth-order valence-corrected chi connectivity index (χ4v) is 4.54. The van der Waals surface area contributed by atoms with Gasteiger partial charge in [0.15, 0.2) is 0 Å². The number of Topliss-reactive ketones (excluding diaryl/α,β-unsaturated/α-hetero) is 1. The first-order chi connectivity index (χ1) is 9.84. The summed E-state index contributed by atoms with van der Waals surface area (Å²) in [6.45, 7) is 2.30. The molecule has 0 radical (unpaired) electrons. The second kappa shape index (κ2) is 6.77. The lowest BCUT2D eigenvalue weighted by Crippen LogP contribution is -2.38. The number of nitrogens with zero attached hydrogens (tertiary/aromatic N) is 1. The van der Waals surface area contributed by atoms with Crippen LogP contribution in [-0.2, 0) is 4.79 Å². The van der Waals surface area contributed by atoms with E-state index < -0.39 is 0 Å².